The summed E-state index contributed by atoms with van der Waals surface area (Å²) in [7, 11) is 0. The van der Waals surface area contributed by atoms with E-state index in [0.29, 0.717) is 23.7 Å². The zero-order valence-corrected chi connectivity index (χ0v) is 22.3. The van der Waals surface area contributed by atoms with Crippen LogP contribution in [0, 0.1) is 34.5 Å². The average Bonchev–Trinajstić information content (AvgIpc) is 2.93. The van der Waals surface area contributed by atoms with Gasteiger partial charge in [-0.05, 0) is 85.2 Å². The van der Waals surface area contributed by atoms with E-state index in [1.807, 2.05) is 0 Å². The molecule has 3 nitrogen and oxygen atoms in total. The molecule has 0 bridgehead atoms. The molecule has 33 heavy (non-hydrogen) atoms. The SMILES string of the molecule is CC1CCCC(C)(C)C2C=C(CO)CCC12OC12CCC(CO)=CC1C(C)(C)CCCC2C. The van der Waals surface area contributed by atoms with Crippen LogP contribution in [-0.4, -0.2) is 34.6 Å². The van der Waals surface area contributed by atoms with Crippen molar-refractivity contribution in [1.82, 2.24) is 0 Å². The van der Waals surface area contributed by atoms with Crippen LogP contribution in [0.1, 0.15) is 106 Å². The summed E-state index contributed by atoms with van der Waals surface area (Å²) in [6.07, 6.45) is 16.2. The zero-order chi connectivity index (χ0) is 24.1. The molecule has 0 heterocycles. The second kappa shape index (κ2) is 9.10. The average molecular weight is 459 g/mol. The summed E-state index contributed by atoms with van der Waals surface area (Å²) in [6.45, 7) is 15.0. The van der Waals surface area contributed by atoms with Crippen LogP contribution in [0.5, 0.6) is 0 Å². The van der Waals surface area contributed by atoms with Gasteiger partial charge in [0.2, 0.25) is 0 Å². The number of hydrogen-bond donors (Lipinski definition) is 2. The van der Waals surface area contributed by atoms with Gasteiger partial charge >= 0.3 is 0 Å². The molecule has 0 radical (unpaired) electrons. The van der Waals surface area contributed by atoms with Crippen molar-refractivity contribution >= 4 is 0 Å². The highest BCUT2D eigenvalue weighted by atomic mass is 16.5. The fourth-order valence-corrected chi connectivity index (χ4v) is 8.40. The lowest BCUT2D eigenvalue weighted by Gasteiger charge is -2.60. The molecule has 0 aromatic carbocycles. The minimum atomic E-state index is -0.184. The Hall–Kier alpha value is -0.640. The smallest absolute Gasteiger partial charge is 0.0786 e. The normalized spacial score (nSPS) is 42.8. The van der Waals surface area contributed by atoms with Gasteiger partial charge in [0.15, 0.2) is 0 Å². The van der Waals surface area contributed by atoms with Crippen LogP contribution < -0.4 is 0 Å². The molecule has 6 atom stereocenters. The van der Waals surface area contributed by atoms with Gasteiger partial charge in [0.25, 0.3) is 0 Å². The maximum atomic E-state index is 10.0. The molecule has 4 rings (SSSR count). The molecule has 3 heteroatoms. The largest absolute Gasteiger partial charge is 0.392 e. The van der Waals surface area contributed by atoms with Crippen LogP contribution >= 0.6 is 0 Å². The quantitative estimate of drug-likeness (QED) is 0.454. The zero-order valence-electron chi connectivity index (χ0n) is 22.3. The van der Waals surface area contributed by atoms with Gasteiger partial charge in [-0.1, -0.05) is 66.5 Å². The number of ether oxygens (including phenoxy) is 1. The summed E-state index contributed by atoms with van der Waals surface area (Å²) in [5, 5.41) is 20.1. The number of aliphatic hydroxyl groups excluding tert-OH is 2. The van der Waals surface area contributed by atoms with Crippen molar-refractivity contribution in [2.24, 2.45) is 34.5 Å². The molecule has 0 amide bonds. The molecule has 0 spiro atoms. The molecule has 6 unspecified atom stereocenters. The van der Waals surface area contributed by atoms with E-state index >= 15 is 0 Å². The monoisotopic (exact) mass is 458 g/mol. The lowest BCUT2D eigenvalue weighted by atomic mass is 9.58. The molecule has 0 aliphatic heterocycles. The third-order valence-corrected chi connectivity index (χ3v) is 10.6. The fraction of sp³-hybridized carbons (Fsp3) is 0.867. The summed E-state index contributed by atoms with van der Waals surface area (Å²) in [5.41, 5.74) is 2.35. The highest BCUT2D eigenvalue weighted by molar-refractivity contribution is 5.24. The highest BCUT2D eigenvalue weighted by Gasteiger charge is 2.60. The summed E-state index contributed by atoms with van der Waals surface area (Å²) in [5.74, 6) is 1.65. The third-order valence-electron chi connectivity index (χ3n) is 10.6. The first kappa shape index (κ1) is 25.5. The summed E-state index contributed by atoms with van der Waals surface area (Å²) < 4.78 is 7.90. The van der Waals surface area contributed by atoms with E-state index in [9.17, 15) is 10.2 Å². The molecule has 4 aliphatic carbocycles. The van der Waals surface area contributed by atoms with E-state index < -0.39 is 0 Å². The molecular weight excluding hydrogens is 408 g/mol. The van der Waals surface area contributed by atoms with E-state index in [1.54, 1.807) is 0 Å². The van der Waals surface area contributed by atoms with Gasteiger partial charge in [-0.25, -0.2) is 0 Å². The van der Waals surface area contributed by atoms with Crippen molar-refractivity contribution in [2.75, 3.05) is 13.2 Å². The Bertz CT molecular complexity index is 713. The van der Waals surface area contributed by atoms with E-state index in [1.165, 1.54) is 49.7 Å². The maximum absolute atomic E-state index is 10.0. The standard InChI is InChI=1S/C30H50O3/c1-21-9-7-13-27(3,4)25-17-23(19-31)11-15-29(21,25)33-30-16-12-24(20-32)18-26(30)28(5,6)14-8-10-22(30)2/h17-18,21-22,25-26,31-32H,7-16,19-20H2,1-6H3. The number of fused-ring (bicyclic) bond motifs is 2. The van der Waals surface area contributed by atoms with E-state index in [4.69, 9.17) is 4.74 Å². The Kier molecular flexibility index (Phi) is 7.02. The number of aliphatic hydroxyl groups is 2. The highest BCUT2D eigenvalue weighted by Crippen LogP contribution is 2.61. The van der Waals surface area contributed by atoms with Gasteiger partial charge in [0.1, 0.15) is 0 Å². The number of hydrogen-bond acceptors (Lipinski definition) is 3. The molecule has 0 aromatic rings. The van der Waals surface area contributed by atoms with Crippen LogP contribution in [0.15, 0.2) is 23.3 Å². The van der Waals surface area contributed by atoms with Gasteiger partial charge in [-0.15, -0.1) is 0 Å². The van der Waals surface area contributed by atoms with Crippen LogP contribution in [0.3, 0.4) is 0 Å². The minimum absolute atomic E-state index is 0.155. The topological polar surface area (TPSA) is 49.7 Å². The van der Waals surface area contributed by atoms with Crippen molar-refractivity contribution in [2.45, 2.75) is 117 Å². The van der Waals surface area contributed by atoms with Crippen molar-refractivity contribution < 1.29 is 14.9 Å². The molecule has 2 N–H and O–H groups in total. The molecule has 4 aliphatic rings. The number of rotatable bonds is 4. The summed E-state index contributed by atoms with van der Waals surface area (Å²) in [4.78, 5) is 0. The van der Waals surface area contributed by atoms with Crippen LogP contribution in [0.4, 0.5) is 0 Å². The van der Waals surface area contributed by atoms with E-state index in [-0.39, 0.29) is 35.2 Å². The first-order valence-corrected chi connectivity index (χ1v) is 13.8. The first-order chi connectivity index (χ1) is 15.5. The molecule has 188 valence electrons. The maximum Gasteiger partial charge on any atom is 0.0786 e. The van der Waals surface area contributed by atoms with Crippen molar-refractivity contribution in [1.29, 1.82) is 0 Å². The Balaban J connectivity index is 1.87. The Morgan fingerprint density at radius 1 is 0.727 bits per heavy atom. The Labute approximate surface area is 203 Å². The van der Waals surface area contributed by atoms with Crippen molar-refractivity contribution in [3.63, 3.8) is 0 Å². The summed E-state index contributed by atoms with van der Waals surface area (Å²) in [6, 6.07) is 0. The van der Waals surface area contributed by atoms with Crippen molar-refractivity contribution in [3.05, 3.63) is 23.3 Å². The van der Waals surface area contributed by atoms with Gasteiger partial charge in [-0.2, -0.15) is 0 Å². The Morgan fingerprint density at radius 2 is 1.12 bits per heavy atom. The fourth-order valence-electron chi connectivity index (χ4n) is 8.40. The summed E-state index contributed by atoms with van der Waals surface area (Å²) >= 11 is 0. The first-order valence-electron chi connectivity index (χ1n) is 13.8. The van der Waals surface area contributed by atoms with Gasteiger partial charge in [-0.3, -0.25) is 0 Å². The van der Waals surface area contributed by atoms with Gasteiger partial charge < -0.3 is 14.9 Å². The Morgan fingerprint density at radius 3 is 1.48 bits per heavy atom. The molecule has 0 aromatic heterocycles. The van der Waals surface area contributed by atoms with E-state index in [2.05, 4.69) is 53.7 Å². The predicted octanol–water partition coefficient (Wildman–Crippen LogP) is 6.83. The predicted molar refractivity (Wildman–Crippen MR) is 136 cm³/mol. The van der Waals surface area contributed by atoms with Crippen LogP contribution in [0.25, 0.3) is 0 Å². The molecular formula is C30H50O3. The van der Waals surface area contributed by atoms with Gasteiger partial charge in [0.05, 0.1) is 24.4 Å². The lowest BCUT2D eigenvalue weighted by molar-refractivity contribution is -0.258. The molecule has 0 saturated heterocycles. The molecule has 2 saturated carbocycles. The van der Waals surface area contributed by atoms with Gasteiger partial charge in [0, 0.05) is 11.8 Å². The van der Waals surface area contributed by atoms with E-state index in [0.717, 1.165) is 25.7 Å². The molecule has 2 fully saturated rings. The van der Waals surface area contributed by atoms with Crippen molar-refractivity contribution in [3.8, 4) is 0 Å². The third kappa shape index (κ3) is 4.29. The van der Waals surface area contributed by atoms with Crippen LogP contribution in [-0.2, 0) is 4.74 Å². The minimum Gasteiger partial charge on any atom is -0.392 e. The lowest BCUT2D eigenvalue weighted by Crippen LogP contribution is -2.62. The second-order valence-electron chi connectivity index (χ2n) is 13.5. The second-order valence-corrected chi connectivity index (χ2v) is 13.5. The van der Waals surface area contributed by atoms with Crippen LogP contribution in [0.2, 0.25) is 0 Å².